The maximum absolute atomic E-state index is 5.11. The van der Waals surface area contributed by atoms with E-state index in [1.54, 1.807) is 7.11 Å². The molecule has 1 atom stereocenters. The lowest BCUT2D eigenvalue weighted by molar-refractivity contribution is 0.198. The fourth-order valence-electron chi connectivity index (χ4n) is 2.62. The summed E-state index contributed by atoms with van der Waals surface area (Å²) in [4.78, 5) is 0. The summed E-state index contributed by atoms with van der Waals surface area (Å²) in [6.07, 6.45) is 7.98. The van der Waals surface area contributed by atoms with Crippen molar-refractivity contribution in [3.05, 3.63) is 34.3 Å². The standard InChI is InChI=1S/C18H30BrNO/c1-3-4-5-6-7-10-16(15-20-13-14-21-2)17-11-8-9-12-18(17)19/h8-9,11-12,16,20H,3-7,10,13-15H2,1-2H3. The van der Waals surface area contributed by atoms with E-state index in [0.29, 0.717) is 5.92 Å². The molecule has 0 radical (unpaired) electrons. The number of nitrogens with one attached hydrogen (secondary N) is 1. The van der Waals surface area contributed by atoms with Crippen molar-refractivity contribution in [2.45, 2.75) is 51.4 Å². The maximum atomic E-state index is 5.11. The fourth-order valence-corrected chi connectivity index (χ4v) is 3.23. The maximum Gasteiger partial charge on any atom is 0.0587 e. The van der Waals surface area contributed by atoms with E-state index in [1.165, 1.54) is 48.6 Å². The van der Waals surface area contributed by atoms with Gasteiger partial charge >= 0.3 is 0 Å². The topological polar surface area (TPSA) is 21.3 Å². The zero-order valence-electron chi connectivity index (χ0n) is 13.5. The second-order valence-electron chi connectivity index (χ2n) is 5.62. The monoisotopic (exact) mass is 355 g/mol. The number of rotatable bonds is 12. The molecule has 1 unspecified atom stereocenters. The predicted octanol–water partition coefficient (Wildman–Crippen LogP) is 5.13. The third kappa shape index (κ3) is 7.98. The summed E-state index contributed by atoms with van der Waals surface area (Å²) in [5.41, 5.74) is 1.43. The number of methoxy groups -OCH3 is 1. The van der Waals surface area contributed by atoms with Crippen LogP contribution < -0.4 is 5.32 Å². The van der Waals surface area contributed by atoms with E-state index >= 15 is 0 Å². The van der Waals surface area contributed by atoms with Gasteiger partial charge in [0.05, 0.1) is 6.61 Å². The van der Waals surface area contributed by atoms with E-state index in [1.807, 2.05) is 0 Å². The quantitative estimate of drug-likeness (QED) is 0.524. The third-order valence-electron chi connectivity index (χ3n) is 3.87. The molecule has 1 rings (SSSR count). The Bertz CT molecular complexity index is 370. The van der Waals surface area contributed by atoms with E-state index in [-0.39, 0.29) is 0 Å². The van der Waals surface area contributed by atoms with Crippen LogP contribution >= 0.6 is 15.9 Å². The minimum absolute atomic E-state index is 0.582. The van der Waals surface area contributed by atoms with Crippen LogP contribution in [0.15, 0.2) is 28.7 Å². The van der Waals surface area contributed by atoms with Gasteiger partial charge in [-0.15, -0.1) is 0 Å². The summed E-state index contributed by atoms with van der Waals surface area (Å²) >= 11 is 3.70. The smallest absolute Gasteiger partial charge is 0.0587 e. The van der Waals surface area contributed by atoms with Crippen molar-refractivity contribution in [1.82, 2.24) is 5.32 Å². The van der Waals surface area contributed by atoms with E-state index in [9.17, 15) is 0 Å². The summed E-state index contributed by atoms with van der Waals surface area (Å²) in [6.45, 7) is 5.00. The van der Waals surface area contributed by atoms with Gasteiger partial charge in [-0.1, -0.05) is 73.2 Å². The molecule has 0 saturated heterocycles. The Kier molecular flexibility index (Phi) is 10.8. The Hall–Kier alpha value is -0.380. The lowest BCUT2D eigenvalue weighted by Gasteiger charge is -2.19. The van der Waals surface area contributed by atoms with Crippen LogP contribution in [0, 0.1) is 0 Å². The first-order valence-corrected chi connectivity index (χ1v) is 9.03. The van der Waals surface area contributed by atoms with Crippen LogP contribution in [-0.4, -0.2) is 26.8 Å². The van der Waals surface area contributed by atoms with Crippen molar-refractivity contribution in [2.24, 2.45) is 0 Å². The van der Waals surface area contributed by atoms with Gasteiger partial charge in [0.2, 0.25) is 0 Å². The van der Waals surface area contributed by atoms with Crippen LogP contribution in [0.1, 0.15) is 56.9 Å². The van der Waals surface area contributed by atoms with E-state index in [4.69, 9.17) is 4.74 Å². The van der Waals surface area contributed by atoms with E-state index < -0.39 is 0 Å². The molecule has 0 aliphatic rings. The summed E-state index contributed by atoms with van der Waals surface area (Å²) < 4.78 is 6.34. The van der Waals surface area contributed by atoms with Crippen molar-refractivity contribution in [2.75, 3.05) is 26.8 Å². The molecule has 0 bridgehead atoms. The van der Waals surface area contributed by atoms with Gasteiger partial charge in [0.25, 0.3) is 0 Å². The molecule has 1 N–H and O–H groups in total. The van der Waals surface area contributed by atoms with Gasteiger partial charge in [0, 0.05) is 24.7 Å². The Balaban J connectivity index is 2.47. The molecule has 0 heterocycles. The fraction of sp³-hybridized carbons (Fsp3) is 0.667. The highest BCUT2D eigenvalue weighted by Gasteiger charge is 2.13. The van der Waals surface area contributed by atoms with Gasteiger partial charge in [0.1, 0.15) is 0 Å². The Morgan fingerprint density at radius 2 is 1.90 bits per heavy atom. The molecule has 0 amide bonds. The molecule has 3 heteroatoms. The minimum atomic E-state index is 0.582. The average Bonchev–Trinajstić information content (AvgIpc) is 2.50. The molecule has 0 fully saturated rings. The SMILES string of the molecule is CCCCCCCC(CNCCOC)c1ccccc1Br. The first kappa shape index (κ1) is 18.7. The highest BCUT2D eigenvalue weighted by Crippen LogP contribution is 2.28. The molecule has 0 aliphatic carbocycles. The summed E-state index contributed by atoms with van der Waals surface area (Å²) in [5, 5.41) is 3.52. The highest BCUT2D eigenvalue weighted by atomic mass is 79.9. The highest BCUT2D eigenvalue weighted by molar-refractivity contribution is 9.10. The third-order valence-corrected chi connectivity index (χ3v) is 4.60. The second-order valence-corrected chi connectivity index (χ2v) is 6.47. The molecule has 1 aromatic rings. The van der Waals surface area contributed by atoms with Crippen LogP contribution in [0.3, 0.4) is 0 Å². The number of hydrogen-bond acceptors (Lipinski definition) is 2. The largest absolute Gasteiger partial charge is 0.383 e. The molecular formula is C18H30BrNO. The Morgan fingerprint density at radius 1 is 1.14 bits per heavy atom. The molecule has 0 aromatic heterocycles. The van der Waals surface area contributed by atoms with Crippen molar-refractivity contribution >= 4 is 15.9 Å². The summed E-state index contributed by atoms with van der Waals surface area (Å²) in [7, 11) is 1.75. The normalized spacial score (nSPS) is 12.5. The number of halogens is 1. The predicted molar refractivity (Wildman–Crippen MR) is 95.0 cm³/mol. The van der Waals surface area contributed by atoms with Gasteiger partial charge in [-0.2, -0.15) is 0 Å². The van der Waals surface area contributed by atoms with Crippen LogP contribution in [0.4, 0.5) is 0 Å². The van der Waals surface area contributed by atoms with Crippen LogP contribution in [0.25, 0.3) is 0 Å². The van der Waals surface area contributed by atoms with Crippen LogP contribution in [0.2, 0.25) is 0 Å². The van der Waals surface area contributed by atoms with Gasteiger partial charge in [-0.3, -0.25) is 0 Å². The van der Waals surface area contributed by atoms with Crippen molar-refractivity contribution in [1.29, 1.82) is 0 Å². The average molecular weight is 356 g/mol. The van der Waals surface area contributed by atoms with Crippen LogP contribution in [-0.2, 0) is 4.74 Å². The van der Waals surface area contributed by atoms with Gasteiger partial charge in [-0.25, -0.2) is 0 Å². The zero-order valence-corrected chi connectivity index (χ0v) is 15.1. The summed E-state index contributed by atoms with van der Waals surface area (Å²) in [6, 6.07) is 8.62. The lowest BCUT2D eigenvalue weighted by atomic mass is 9.92. The van der Waals surface area contributed by atoms with Crippen LogP contribution in [0.5, 0.6) is 0 Å². The molecule has 21 heavy (non-hydrogen) atoms. The Labute approximate surface area is 138 Å². The number of hydrogen-bond donors (Lipinski definition) is 1. The minimum Gasteiger partial charge on any atom is -0.383 e. The molecule has 120 valence electrons. The molecule has 0 spiro atoms. The second kappa shape index (κ2) is 12.2. The van der Waals surface area contributed by atoms with Gasteiger partial charge < -0.3 is 10.1 Å². The lowest BCUT2D eigenvalue weighted by Crippen LogP contribution is -2.25. The first-order valence-electron chi connectivity index (χ1n) is 8.23. The number of ether oxygens (including phenoxy) is 1. The summed E-state index contributed by atoms with van der Waals surface area (Å²) in [5.74, 6) is 0.582. The Morgan fingerprint density at radius 3 is 2.62 bits per heavy atom. The van der Waals surface area contributed by atoms with Crippen molar-refractivity contribution in [3.63, 3.8) is 0 Å². The molecule has 1 aromatic carbocycles. The molecule has 0 saturated carbocycles. The van der Waals surface area contributed by atoms with E-state index in [2.05, 4.69) is 52.4 Å². The number of unbranched alkanes of at least 4 members (excludes halogenated alkanes) is 4. The zero-order chi connectivity index (χ0) is 15.3. The van der Waals surface area contributed by atoms with Gasteiger partial charge in [0.15, 0.2) is 0 Å². The molecule has 2 nitrogen and oxygen atoms in total. The van der Waals surface area contributed by atoms with Gasteiger partial charge in [-0.05, 0) is 24.0 Å². The molecular weight excluding hydrogens is 326 g/mol. The van der Waals surface area contributed by atoms with Crippen molar-refractivity contribution < 1.29 is 4.74 Å². The van der Waals surface area contributed by atoms with Crippen molar-refractivity contribution in [3.8, 4) is 0 Å². The number of benzene rings is 1. The molecule has 0 aliphatic heterocycles. The first-order chi connectivity index (χ1) is 10.3. The van der Waals surface area contributed by atoms with E-state index in [0.717, 1.165) is 19.7 Å².